The molecule has 0 radical (unpaired) electrons. The Labute approximate surface area is 81.4 Å². The van der Waals surface area contributed by atoms with Crippen molar-refractivity contribution in [1.29, 1.82) is 0 Å². The van der Waals surface area contributed by atoms with E-state index in [-0.39, 0.29) is 5.78 Å². The maximum atomic E-state index is 10.9. The number of hydrogen-bond donors (Lipinski definition) is 1. The average Bonchev–Trinajstić information content (AvgIpc) is 2.52. The van der Waals surface area contributed by atoms with Crippen LogP contribution in [-0.4, -0.2) is 15.9 Å². The molecule has 0 amide bonds. The SMILES string of the molecule is CCCC(O)c1nc(C(C)=O)cs1. The van der Waals surface area contributed by atoms with Crippen molar-refractivity contribution in [2.75, 3.05) is 0 Å². The maximum absolute atomic E-state index is 10.9. The Morgan fingerprint density at radius 2 is 2.46 bits per heavy atom. The van der Waals surface area contributed by atoms with E-state index in [1.807, 2.05) is 6.92 Å². The fraction of sp³-hybridized carbons (Fsp3) is 0.556. The lowest BCUT2D eigenvalue weighted by molar-refractivity contribution is 0.101. The van der Waals surface area contributed by atoms with Gasteiger partial charge in [0.2, 0.25) is 0 Å². The van der Waals surface area contributed by atoms with Gasteiger partial charge in [-0.25, -0.2) is 4.98 Å². The highest BCUT2D eigenvalue weighted by Crippen LogP contribution is 2.22. The summed E-state index contributed by atoms with van der Waals surface area (Å²) in [5, 5.41) is 11.9. The smallest absolute Gasteiger partial charge is 0.178 e. The first kappa shape index (κ1) is 10.3. The third kappa shape index (κ3) is 2.60. The van der Waals surface area contributed by atoms with E-state index in [1.165, 1.54) is 18.3 Å². The second kappa shape index (κ2) is 4.48. The van der Waals surface area contributed by atoms with Crippen LogP contribution in [0.4, 0.5) is 0 Å². The summed E-state index contributed by atoms with van der Waals surface area (Å²) in [4.78, 5) is 14.9. The largest absolute Gasteiger partial charge is 0.386 e. The molecule has 1 N–H and O–H groups in total. The van der Waals surface area contributed by atoms with E-state index in [1.54, 1.807) is 5.38 Å². The van der Waals surface area contributed by atoms with Gasteiger partial charge in [-0.05, 0) is 6.42 Å². The number of Topliss-reactive ketones (excluding diaryl/α,β-unsaturated/α-hetero) is 1. The van der Waals surface area contributed by atoms with Gasteiger partial charge in [0.25, 0.3) is 0 Å². The zero-order chi connectivity index (χ0) is 9.84. The molecule has 1 aromatic heterocycles. The predicted octanol–water partition coefficient (Wildman–Crippen LogP) is 2.18. The molecule has 0 aromatic carbocycles. The summed E-state index contributed by atoms with van der Waals surface area (Å²) in [5.41, 5.74) is 0.454. The molecule has 0 saturated heterocycles. The molecule has 0 aliphatic rings. The van der Waals surface area contributed by atoms with Crippen LogP contribution in [0.5, 0.6) is 0 Å². The third-order valence-electron chi connectivity index (χ3n) is 1.73. The van der Waals surface area contributed by atoms with Crippen molar-refractivity contribution >= 4 is 17.1 Å². The van der Waals surface area contributed by atoms with Crippen LogP contribution >= 0.6 is 11.3 Å². The molecular formula is C9H13NO2S. The summed E-state index contributed by atoms with van der Waals surface area (Å²) in [6.07, 6.45) is 1.10. The van der Waals surface area contributed by atoms with Gasteiger partial charge in [-0.2, -0.15) is 0 Å². The van der Waals surface area contributed by atoms with Crippen molar-refractivity contribution in [2.45, 2.75) is 32.8 Å². The first-order chi connectivity index (χ1) is 6.15. The summed E-state index contributed by atoms with van der Waals surface area (Å²) < 4.78 is 0. The van der Waals surface area contributed by atoms with Crippen LogP contribution in [0.25, 0.3) is 0 Å². The summed E-state index contributed by atoms with van der Waals surface area (Å²) in [6.45, 7) is 3.48. The second-order valence-electron chi connectivity index (χ2n) is 2.93. The van der Waals surface area contributed by atoms with Gasteiger partial charge in [0.15, 0.2) is 5.78 Å². The molecule has 3 nitrogen and oxygen atoms in total. The first-order valence-electron chi connectivity index (χ1n) is 4.29. The van der Waals surface area contributed by atoms with Gasteiger partial charge < -0.3 is 5.11 Å². The van der Waals surface area contributed by atoms with Gasteiger partial charge in [0, 0.05) is 12.3 Å². The number of aromatic nitrogens is 1. The number of hydrogen-bond acceptors (Lipinski definition) is 4. The Morgan fingerprint density at radius 3 is 2.92 bits per heavy atom. The molecule has 4 heteroatoms. The summed E-state index contributed by atoms with van der Waals surface area (Å²) in [6, 6.07) is 0. The minimum Gasteiger partial charge on any atom is -0.386 e. The number of nitrogens with zero attached hydrogens (tertiary/aromatic N) is 1. The number of carbonyl (C=O) groups excluding carboxylic acids is 1. The highest BCUT2D eigenvalue weighted by molar-refractivity contribution is 7.09. The van der Waals surface area contributed by atoms with Gasteiger partial charge in [-0.3, -0.25) is 4.79 Å². The summed E-state index contributed by atoms with van der Waals surface area (Å²) >= 11 is 1.34. The molecule has 1 heterocycles. The summed E-state index contributed by atoms with van der Waals surface area (Å²) in [7, 11) is 0. The molecule has 0 bridgehead atoms. The van der Waals surface area contributed by atoms with Crippen LogP contribution in [0.15, 0.2) is 5.38 Å². The average molecular weight is 199 g/mol. The molecule has 1 unspecified atom stereocenters. The second-order valence-corrected chi connectivity index (χ2v) is 3.82. The topological polar surface area (TPSA) is 50.2 Å². The van der Waals surface area contributed by atoms with Crippen LogP contribution < -0.4 is 0 Å². The number of ketones is 1. The number of rotatable bonds is 4. The van der Waals surface area contributed by atoms with Gasteiger partial charge in [-0.1, -0.05) is 13.3 Å². The highest BCUT2D eigenvalue weighted by atomic mass is 32.1. The lowest BCUT2D eigenvalue weighted by Gasteiger charge is -2.03. The van der Waals surface area contributed by atoms with Crippen LogP contribution in [0.1, 0.15) is 48.3 Å². The Hall–Kier alpha value is -0.740. The lowest BCUT2D eigenvalue weighted by atomic mass is 10.2. The minimum absolute atomic E-state index is 0.0498. The first-order valence-corrected chi connectivity index (χ1v) is 5.17. The molecule has 0 aliphatic carbocycles. The minimum atomic E-state index is -0.511. The van der Waals surface area contributed by atoms with E-state index < -0.39 is 6.10 Å². The van der Waals surface area contributed by atoms with E-state index >= 15 is 0 Å². The van der Waals surface area contributed by atoms with Crippen molar-refractivity contribution in [3.63, 3.8) is 0 Å². The highest BCUT2D eigenvalue weighted by Gasteiger charge is 2.12. The molecule has 1 aromatic rings. The molecule has 0 fully saturated rings. The van der Waals surface area contributed by atoms with Gasteiger partial charge in [0.05, 0.1) is 0 Å². The van der Waals surface area contributed by atoms with E-state index in [9.17, 15) is 9.90 Å². The van der Waals surface area contributed by atoms with Crippen LogP contribution in [0.2, 0.25) is 0 Å². The monoisotopic (exact) mass is 199 g/mol. The van der Waals surface area contributed by atoms with Crippen LogP contribution in [0, 0.1) is 0 Å². The van der Waals surface area contributed by atoms with Gasteiger partial charge >= 0.3 is 0 Å². The van der Waals surface area contributed by atoms with Crippen molar-refractivity contribution in [3.05, 3.63) is 16.1 Å². The van der Waals surface area contributed by atoms with E-state index in [4.69, 9.17) is 0 Å². The zero-order valence-corrected chi connectivity index (χ0v) is 8.60. The number of aliphatic hydroxyl groups is 1. The fourth-order valence-corrected chi connectivity index (χ4v) is 1.88. The van der Waals surface area contributed by atoms with Crippen molar-refractivity contribution < 1.29 is 9.90 Å². The van der Waals surface area contributed by atoms with Crippen molar-refractivity contribution in [1.82, 2.24) is 4.98 Å². The zero-order valence-electron chi connectivity index (χ0n) is 7.78. The molecule has 13 heavy (non-hydrogen) atoms. The number of carbonyl (C=O) groups is 1. The van der Waals surface area contributed by atoms with E-state index in [0.717, 1.165) is 6.42 Å². The molecule has 0 aliphatic heterocycles. The van der Waals surface area contributed by atoms with Crippen LogP contribution in [-0.2, 0) is 0 Å². The number of aliphatic hydroxyl groups excluding tert-OH is 1. The standard InChI is InChI=1S/C9H13NO2S/c1-3-4-8(12)9-10-7(5-13-9)6(2)11/h5,8,12H,3-4H2,1-2H3. The Morgan fingerprint density at radius 1 is 1.77 bits per heavy atom. The molecule has 1 atom stereocenters. The molecule has 1 rings (SSSR count). The maximum Gasteiger partial charge on any atom is 0.178 e. The van der Waals surface area contributed by atoms with Gasteiger partial charge in [-0.15, -0.1) is 11.3 Å². The molecule has 0 saturated carbocycles. The molecule has 0 spiro atoms. The van der Waals surface area contributed by atoms with E-state index in [2.05, 4.69) is 4.98 Å². The fourth-order valence-electron chi connectivity index (χ4n) is 0.999. The van der Waals surface area contributed by atoms with E-state index in [0.29, 0.717) is 17.1 Å². The number of thiazole rings is 1. The summed E-state index contributed by atoms with van der Waals surface area (Å²) in [5.74, 6) is -0.0498. The lowest BCUT2D eigenvalue weighted by Crippen LogP contribution is -1.98. The third-order valence-corrected chi connectivity index (χ3v) is 2.68. The Kier molecular flexibility index (Phi) is 3.57. The van der Waals surface area contributed by atoms with Crippen molar-refractivity contribution in [3.8, 4) is 0 Å². The van der Waals surface area contributed by atoms with Crippen molar-refractivity contribution in [2.24, 2.45) is 0 Å². The van der Waals surface area contributed by atoms with Crippen LogP contribution in [0.3, 0.4) is 0 Å². The normalized spacial score (nSPS) is 12.8. The predicted molar refractivity (Wildman–Crippen MR) is 52.0 cm³/mol. The van der Waals surface area contributed by atoms with Gasteiger partial charge in [0.1, 0.15) is 16.8 Å². The Balaban J connectivity index is 2.73. The molecule has 72 valence electrons. The molecular weight excluding hydrogens is 186 g/mol. The quantitative estimate of drug-likeness (QED) is 0.756. The Bertz CT molecular complexity index is 296.